The van der Waals surface area contributed by atoms with Gasteiger partial charge < -0.3 is 14.2 Å². The van der Waals surface area contributed by atoms with Gasteiger partial charge in [-0.3, -0.25) is 4.79 Å². The largest absolute Gasteiger partial charge is 0.418 e. The van der Waals surface area contributed by atoms with E-state index in [1.54, 1.807) is 6.26 Å². The van der Waals surface area contributed by atoms with Crippen molar-refractivity contribution in [3.63, 3.8) is 0 Å². The van der Waals surface area contributed by atoms with Crippen LogP contribution in [0.3, 0.4) is 0 Å². The topological polar surface area (TPSA) is 99.4 Å². The number of fused-ring (bicyclic) bond motifs is 1. The SMILES string of the molecule is CC(C)C.Cc1cc(C2OCCc3ccc(C#CI)cc32)c(C)s1.NSO/C=C1\CCC(Nc2ncncc2C=O)C1. The second kappa shape index (κ2) is 17.6. The fraction of sp³-hybridized carbons (Fsp3) is 0.406. The van der Waals surface area contributed by atoms with Gasteiger partial charge in [0.2, 0.25) is 0 Å². The first-order valence-corrected chi connectivity index (χ1v) is 16.6. The fourth-order valence-corrected chi connectivity index (χ4v) is 6.15. The number of nitrogens with one attached hydrogen (secondary N) is 1. The number of anilines is 1. The summed E-state index contributed by atoms with van der Waals surface area (Å²) >= 11 is 4.76. The third kappa shape index (κ3) is 10.4. The Morgan fingerprint density at radius 1 is 1.24 bits per heavy atom. The van der Waals surface area contributed by atoms with Crippen molar-refractivity contribution < 1.29 is 13.7 Å². The molecule has 2 aliphatic rings. The second-order valence-corrected chi connectivity index (χ2v) is 13.1. The molecule has 42 heavy (non-hydrogen) atoms. The van der Waals surface area contributed by atoms with Crippen molar-refractivity contribution in [3.8, 4) is 9.85 Å². The number of rotatable bonds is 6. The lowest BCUT2D eigenvalue weighted by molar-refractivity contribution is 0.0697. The average Bonchev–Trinajstić information content (AvgIpc) is 3.56. The highest BCUT2D eigenvalue weighted by Gasteiger charge is 2.25. The summed E-state index contributed by atoms with van der Waals surface area (Å²) in [5, 5.41) is 8.43. The highest BCUT2D eigenvalue weighted by Crippen LogP contribution is 2.37. The van der Waals surface area contributed by atoms with Crippen LogP contribution >= 0.6 is 46.2 Å². The first-order chi connectivity index (χ1) is 20.2. The quantitative estimate of drug-likeness (QED) is 0.0659. The number of hydrogen-bond acceptors (Lipinski definition) is 9. The van der Waals surface area contributed by atoms with Crippen LogP contribution in [0.25, 0.3) is 0 Å². The van der Waals surface area contributed by atoms with Gasteiger partial charge in [-0.25, -0.2) is 15.1 Å². The molecule has 2 atom stereocenters. The van der Waals surface area contributed by atoms with Gasteiger partial charge in [0.25, 0.3) is 0 Å². The van der Waals surface area contributed by atoms with Crippen LogP contribution in [0.2, 0.25) is 0 Å². The number of aryl methyl sites for hydroxylation is 2. The molecule has 1 aromatic carbocycles. The van der Waals surface area contributed by atoms with Crippen molar-refractivity contribution in [2.75, 3.05) is 11.9 Å². The van der Waals surface area contributed by atoms with E-state index in [0.29, 0.717) is 11.4 Å². The van der Waals surface area contributed by atoms with Crippen molar-refractivity contribution in [2.45, 2.75) is 72.4 Å². The predicted octanol–water partition coefficient (Wildman–Crippen LogP) is 8.11. The number of ether oxygens (including phenoxy) is 1. The lowest BCUT2D eigenvalue weighted by Gasteiger charge is -2.26. The molecular formula is C32H39IN4O3S2. The molecule has 7 nitrogen and oxygen atoms in total. The molecule has 3 heterocycles. The summed E-state index contributed by atoms with van der Waals surface area (Å²) in [7, 11) is 0. The van der Waals surface area contributed by atoms with Crippen molar-refractivity contribution in [2.24, 2.45) is 11.1 Å². The van der Waals surface area contributed by atoms with E-state index in [2.05, 4.69) is 107 Å². The molecule has 2 unspecified atom stereocenters. The van der Waals surface area contributed by atoms with Crippen LogP contribution in [0.4, 0.5) is 5.82 Å². The van der Waals surface area contributed by atoms with E-state index >= 15 is 0 Å². The molecule has 2 aromatic heterocycles. The van der Waals surface area contributed by atoms with Gasteiger partial charge in [-0.1, -0.05) is 32.8 Å². The molecule has 10 heteroatoms. The number of nitrogens with two attached hydrogens (primary N) is 1. The summed E-state index contributed by atoms with van der Waals surface area (Å²) in [6.45, 7) is 11.6. The van der Waals surface area contributed by atoms with E-state index < -0.39 is 0 Å². The minimum absolute atomic E-state index is 0.0691. The highest BCUT2D eigenvalue weighted by molar-refractivity contribution is 14.1. The van der Waals surface area contributed by atoms with Gasteiger partial charge in [0.15, 0.2) is 6.29 Å². The molecule has 0 saturated heterocycles. The summed E-state index contributed by atoms with van der Waals surface area (Å²) in [6, 6.07) is 9.03. The Balaban J connectivity index is 0.000000206. The van der Waals surface area contributed by atoms with Gasteiger partial charge in [0.1, 0.15) is 36.7 Å². The Morgan fingerprint density at radius 3 is 2.69 bits per heavy atom. The highest BCUT2D eigenvalue weighted by atomic mass is 127. The summed E-state index contributed by atoms with van der Waals surface area (Å²) in [5.41, 5.74) is 6.74. The maximum atomic E-state index is 10.8. The smallest absolute Gasteiger partial charge is 0.155 e. The molecule has 0 bridgehead atoms. The van der Waals surface area contributed by atoms with Gasteiger partial charge in [0.05, 0.1) is 12.2 Å². The van der Waals surface area contributed by atoms with Gasteiger partial charge in [-0.2, -0.15) is 0 Å². The van der Waals surface area contributed by atoms with E-state index in [1.165, 1.54) is 44.5 Å². The third-order valence-corrected chi connectivity index (χ3v) is 7.90. The number of benzene rings is 1. The van der Waals surface area contributed by atoms with E-state index in [-0.39, 0.29) is 12.1 Å². The Morgan fingerprint density at radius 2 is 2.02 bits per heavy atom. The summed E-state index contributed by atoms with van der Waals surface area (Å²) in [4.78, 5) is 21.4. The zero-order valence-electron chi connectivity index (χ0n) is 24.8. The number of carbonyl (C=O) groups is 1. The zero-order valence-corrected chi connectivity index (χ0v) is 28.6. The Kier molecular flexibility index (Phi) is 14.3. The molecule has 3 N–H and O–H groups in total. The number of thiophene rings is 1. The van der Waals surface area contributed by atoms with Crippen molar-refractivity contribution >= 4 is 58.3 Å². The van der Waals surface area contributed by atoms with E-state index in [0.717, 1.165) is 62.3 Å². The molecule has 224 valence electrons. The maximum absolute atomic E-state index is 10.8. The Hall–Kier alpha value is -2.43. The van der Waals surface area contributed by atoms with E-state index in [4.69, 9.17) is 14.1 Å². The van der Waals surface area contributed by atoms with Crippen LogP contribution < -0.4 is 10.5 Å². The number of halogens is 1. The van der Waals surface area contributed by atoms with E-state index in [9.17, 15) is 4.79 Å². The number of nitrogens with zero attached hydrogens (tertiary/aromatic N) is 2. The van der Waals surface area contributed by atoms with E-state index in [1.807, 2.05) is 11.3 Å². The number of carbonyl (C=O) groups excluding carboxylic acids is 1. The van der Waals surface area contributed by atoms with Gasteiger partial charge in [0, 0.05) is 50.1 Å². The predicted molar refractivity (Wildman–Crippen MR) is 183 cm³/mol. The van der Waals surface area contributed by atoms with Crippen LogP contribution in [0.15, 0.2) is 48.6 Å². The maximum Gasteiger partial charge on any atom is 0.155 e. The molecule has 0 spiro atoms. The molecule has 1 fully saturated rings. The monoisotopic (exact) mass is 718 g/mol. The Bertz CT molecular complexity index is 1410. The van der Waals surface area contributed by atoms with Crippen LogP contribution in [0.5, 0.6) is 0 Å². The fourth-order valence-electron chi connectivity index (χ4n) is 4.69. The normalized spacial score (nSPS) is 18.0. The van der Waals surface area contributed by atoms with Crippen LogP contribution in [-0.4, -0.2) is 28.9 Å². The standard InChI is InChI=1S/C17H15IOS.C11H14N4O2S.C4H10/c1-11-9-15(12(2)20-11)17-16-10-13(5-7-18)3-4-14(16)6-8-19-17;12-18-17-6-8-1-2-10(3-8)15-11-9(5-16)4-13-7-14-11;1-4(2)3/h3-4,9-10,17H,6,8H2,1-2H3;4-7,10H,1-3,12H2,(H,13,14,15);4H,1-3H3/b;8-6+;. The molecule has 3 aromatic rings. The second-order valence-electron chi connectivity index (χ2n) is 10.7. The first kappa shape index (κ1) is 34.1. The van der Waals surface area contributed by atoms with Crippen LogP contribution in [0, 0.1) is 29.6 Å². The number of hydrogen-bond donors (Lipinski definition) is 2. The summed E-state index contributed by atoms with van der Waals surface area (Å²) in [6.07, 6.45) is 9.23. The molecule has 1 saturated carbocycles. The minimum atomic E-state index is 0.0691. The van der Waals surface area contributed by atoms with Gasteiger partial charge in [-0.05, 0) is 89.8 Å². The Labute approximate surface area is 272 Å². The van der Waals surface area contributed by atoms with Crippen molar-refractivity contribution in [1.82, 2.24) is 9.97 Å². The van der Waals surface area contributed by atoms with Crippen molar-refractivity contribution in [3.05, 3.63) is 86.2 Å². The van der Waals surface area contributed by atoms with Crippen LogP contribution in [0.1, 0.15) is 88.5 Å². The molecule has 1 aliphatic carbocycles. The third-order valence-electron chi connectivity index (χ3n) is 6.44. The van der Waals surface area contributed by atoms with Gasteiger partial charge >= 0.3 is 0 Å². The molecule has 0 radical (unpaired) electrons. The van der Waals surface area contributed by atoms with Gasteiger partial charge in [-0.15, -0.1) is 11.3 Å². The zero-order chi connectivity index (χ0) is 30.5. The molecular weight excluding hydrogens is 679 g/mol. The minimum Gasteiger partial charge on any atom is -0.418 e. The number of aromatic nitrogens is 2. The number of aldehydes is 1. The first-order valence-electron chi connectivity index (χ1n) is 13.9. The molecule has 1 aliphatic heterocycles. The summed E-state index contributed by atoms with van der Waals surface area (Å²) in [5.74, 6) is 4.55. The summed E-state index contributed by atoms with van der Waals surface area (Å²) < 4.78 is 14.0. The molecule has 0 amide bonds. The average molecular weight is 719 g/mol. The van der Waals surface area contributed by atoms with Crippen molar-refractivity contribution in [1.29, 1.82) is 0 Å². The molecule has 5 rings (SSSR count). The lowest BCUT2D eigenvalue weighted by Crippen LogP contribution is -2.17. The van der Waals surface area contributed by atoms with Crippen LogP contribution in [-0.2, 0) is 15.3 Å². The lowest BCUT2D eigenvalue weighted by atomic mass is 9.91.